The van der Waals surface area contributed by atoms with E-state index in [0.717, 1.165) is 25.2 Å². The Kier molecular flexibility index (Phi) is 5.90. The first-order chi connectivity index (χ1) is 7.61. The fourth-order valence-electron chi connectivity index (χ4n) is 1.91. The number of halogens is 1. The molecule has 0 aliphatic carbocycles. The summed E-state index contributed by atoms with van der Waals surface area (Å²) in [6, 6.07) is 8.94. The zero-order valence-corrected chi connectivity index (χ0v) is 11.4. The molecule has 0 aliphatic rings. The molecule has 0 amide bonds. The highest BCUT2D eigenvalue weighted by Crippen LogP contribution is 2.15. The largest absolute Gasteiger partial charge is 0.123 e. The van der Waals surface area contributed by atoms with Gasteiger partial charge in [0.2, 0.25) is 0 Å². The van der Waals surface area contributed by atoms with Crippen LogP contribution in [0.2, 0.25) is 0 Å². The molecule has 1 rings (SSSR count). The van der Waals surface area contributed by atoms with Gasteiger partial charge in [-0.1, -0.05) is 45.0 Å². The molecule has 0 radical (unpaired) electrons. The summed E-state index contributed by atoms with van der Waals surface area (Å²) >= 11 is 6.14. The summed E-state index contributed by atoms with van der Waals surface area (Å²) in [5.74, 6) is 0.728. The number of alkyl halides is 1. The Labute approximate surface area is 105 Å². The molecule has 0 saturated carbocycles. The molecule has 0 saturated heterocycles. The van der Waals surface area contributed by atoms with E-state index in [1.54, 1.807) is 0 Å². The van der Waals surface area contributed by atoms with Crippen LogP contribution in [0.5, 0.6) is 0 Å². The van der Waals surface area contributed by atoms with Crippen LogP contribution in [0.4, 0.5) is 0 Å². The van der Waals surface area contributed by atoms with Crippen molar-refractivity contribution in [3.05, 3.63) is 35.4 Å². The van der Waals surface area contributed by atoms with E-state index in [9.17, 15) is 0 Å². The molecule has 0 spiro atoms. The van der Waals surface area contributed by atoms with Gasteiger partial charge in [0.25, 0.3) is 0 Å². The summed E-state index contributed by atoms with van der Waals surface area (Å²) in [6.45, 7) is 6.67. The molecule has 0 nitrogen and oxygen atoms in total. The predicted molar refractivity (Wildman–Crippen MR) is 73.2 cm³/mol. The summed E-state index contributed by atoms with van der Waals surface area (Å²) in [6.07, 6.45) is 4.43. The van der Waals surface area contributed by atoms with Gasteiger partial charge in [0.15, 0.2) is 0 Å². The SMILES string of the molecule is CCC(Cl)CCc1cccc(CC(C)C)c1. The van der Waals surface area contributed by atoms with Gasteiger partial charge in [0.05, 0.1) is 0 Å². The molecule has 0 bridgehead atoms. The molecule has 0 aromatic heterocycles. The molecule has 90 valence electrons. The van der Waals surface area contributed by atoms with Crippen molar-refractivity contribution in [2.45, 2.75) is 51.8 Å². The van der Waals surface area contributed by atoms with Crippen molar-refractivity contribution >= 4 is 11.6 Å². The van der Waals surface area contributed by atoms with Crippen LogP contribution in [0.25, 0.3) is 0 Å². The fourth-order valence-corrected chi connectivity index (χ4v) is 2.02. The second-order valence-corrected chi connectivity index (χ2v) is 5.58. The maximum absolute atomic E-state index is 6.14. The average Bonchev–Trinajstić information content (AvgIpc) is 2.25. The van der Waals surface area contributed by atoms with Crippen molar-refractivity contribution in [2.75, 3.05) is 0 Å². The van der Waals surface area contributed by atoms with Gasteiger partial charge in [-0.25, -0.2) is 0 Å². The van der Waals surface area contributed by atoms with Gasteiger partial charge in [-0.05, 0) is 42.7 Å². The first kappa shape index (κ1) is 13.6. The zero-order valence-electron chi connectivity index (χ0n) is 10.7. The predicted octanol–water partition coefficient (Wildman–Crippen LogP) is 4.84. The molecule has 0 aliphatic heterocycles. The number of benzene rings is 1. The van der Waals surface area contributed by atoms with Crippen molar-refractivity contribution in [1.29, 1.82) is 0 Å². The lowest BCUT2D eigenvalue weighted by Crippen LogP contribution is -2.00. The molecule has 1 unspecified atom stereocenters. The lowest BCUT2D eigenvalue weighted by atomic mass is 9.99. The summed E-state index contributed by atoms with van der Waals surface area (Å²) in [7, 11) is 0. The molecular formula is C15H23Cl. The minimum atomic E-state index is 0.328. The van der Waals surface area contributed by atoms with Gasteiger partial charge < -0.3 is 0 Å². The Bertz CT molecular complexity index is 304. The lowest BCUT2D eigenvalue weighted by Gasteiger charge is -2.09. The maximum Gasteiger partial charge on any atom is 0.0336 e. The third kappa shape index (κ3) is 5.03. The number of aryl methyl sites for hydroxylation is 1. The van der Waals surface area contributed by atoms with E-state index in [4.69, 9.17) is 11.6 Å². The summed E-state index contributed by atoms with van der Waals surface area (Å²) in [5, 5.41) is 0.328. The third-order valence-electron chi connectivity index (χ3n) is 2.82. The van der Waals surface area contributed by atoms with Crippen LogP contribution in [0.1, 0.15) is 44.7 Å². The minimum Gasteiger partial charge on any atom is -0.123 e. The Hall–Kier alpha value is -0.490. The fraction of sp³-hybridized carbons (Fsp3) is 0.600. The Morgan fingerprint density at radius 3 is 2.50 bits per heavy atom. The van der Waals surface area contributed by atoms with Crippen molar-refractivity contribution < 1.29 is 0 Å². The van der Waals surface area contributed by atoms with Crippen LogP contribution >= 0.6 is 11.6 Å². The van der Waals surface area contributed by atoms with E-state index in [0.29, 0.717) is 5.38 Å². The van der Waals surface area contributed by atoms with Crippen LogP contribution in [-0.4, -0.2) is 5.38 Å². The lowest BCUT2D eigenvalue weighted by molar-refractivity contribution is 0.646. The second-order valence-electron chi connectivity index (χ2n) is 4.96. The highest BCUT2D eigenvalue weighted by atomic mass is 35.5. The van der Waals surface area contributed by atoms with Gasteiger partial charge in [-0.15, -0.1) is 11.6 Å². The smallest absolute Gasteiger partial charge is 0.0336 e. The minimum absolute atomic E-state index is 0.328. The Balaban J connectivity index is 2.53. The van der Waals surface area contributed by atoms with E-state index >= 15 is 0 Å². The van der Waals surface area contributed by atoms with Crippen LogP contribution in [-0.2, 0) is 12.8 Å². The maximum atomic E-state index is 6.14. The van der Waals surface area contributed by atoms with Crippen molar-refractivity contribution in [3.63, 3.8) is 0 Å². The van der Waals surface area contributed by atoms with Crippen molar-refractivity contribution in [1.82, 2.24) is 0 Å². The molecule has 0 fully saturated rings. The highest BCUT2D eigenvalue weighted by Gasteiger charge is 2.03. The van der Waals surface area contributed by atoms with E-state index in [1.807, 2.05) is 0 Å². The second kappa shape index (κ2) is 6.96. The van der Waals surface area contributed by atoms with Gasteiger partial charge in [0, 0.05) is 5.38 Å². The molecular weight excluding hydrogens is 216 g/mol. The molecule has 1 aromatic rings. The number of hydrogen-bond donors (Lipinski definition) is 0. The van der Waals surface area contributed by atoms with Gasteiger partial charge in [-0.3, -0.25) is 0 Å². The Morgan fingerprint density at radius 2 is 1.88 bits per heavy atom. The molecule has 16 heavy (non-hydrogen) atoms. The highest BCUT2D eigenvalue weighted by molar-refractivity contribution is 6.20. The van der Waals surface area contributed by atoms with Crippen molar-refractivity contribution in [3.8, 4) is 0 Å². The van der Waals surface area contributed by atoms with E-state index in [2.05, 4.69) is 45.0 Å². The van der Waals surface area contributed by atoms with E-state index in [1.165, 1.54) is 17.5 Å². The van der Waals surface area contributed by atoms with Crippen LogP contribution in [0.15, 0.2) is 24.3 Å². The quantitative estimate of drug-likeness (QED) is 0.623. The summed E-state index contributed by atoms with van der Waals surface area (Å²) < 4.78 is 0. The molecule has 0 N–H and O–H groups in total. The first-order valence-corrected chi connectivity index (χ1v) is 6.77. The summed E-state index contributed by atoms with van der Waals surface area (Å²) in [5.41, 5.74) is 2.88. The van der Waals surface area contributed by atoms with Crippen LogP contribution in [0.3, 0.4) is 0 Å². The standard InChI is InChI=1S/C15H23Cl/c1-4-15(16)9-8-13-6-5-7-14(11-13)10-12(2)3/h5-7,11-12,15H,4,8-10H2,1-3H3. The van der Waals surface area contributed by atoms with E-state index in [-0.39, 0.29) is 0 Å². The van der Waals surface area contributed by atoms with Crippen LogP contribution < -0.4 is 0 Å². The van der Waals surface area contributed by atoms with Crippen LogP contribution in [0, 0.1) is 5.92 Å². The molecule has 1 heteroatoms. The first-order valence-electron chi connectivity index (χ1n) is 6.33. The number of hydrogen-bond acceptors (Lipinski definition) is 0. The molecule has 1 aromatic carbocycles. The third-order valence-corrected chi connectivity index (χ3v) is 3.35. The average molecular weight is 239 g/mol. The molecule has 0 heterocycles. The van der Waals surface area contributed by atoms with Gasteiger partial charge >= 0.3 is 0 Å². The monoisotopic (exact) mass is 238 g/mol. The zero-order chi connectivity index (χ0) is 12.0. The Morgan fingerprint density at radius 1 is 1.19 bits per heavy atom. The van der Waals surface area contributed by atoms with Gasteiger partial charge in [0.1, 0.15) is 0 Å². The normalized spacial score (nSPS) is 13.1. The summed E-state index contributed by atoms with van der Waals surface area (Å²) in [4.78, 5) is 0. The topological polar surface area (TPSA) is 0 Å². The molecule has 1 atom stereocenters. The van der Waals surface area contributed by atoms with Gasteiger partial charge in [-0.2, -0.15) is 0 Å². The van der Waals surface area contributed by atoms with Crippen molar-refractivity contribution in [2.24, 2.45) is 5.92 Å². The number of rotatable bonds is 6. The van der Waals surface area contributed by atoms with E-state index < -0.39 is 0 Å².